The minimum Gasteiger partial charge on any atom is -0.377 e. The van der Waals surface area contributed by atoms with Gasteiger partial charge in [0.25, 0.3) is 0 Å². The summed E-state index contributed by atoms with van der Waals surface area (Å²) in [6.45, 7) is 2.38. The molecule has 1 saturated heterocycles. The maximum atomic E-state index is 5.89. The van der Waals surface area contributed by atoms with Gasteiger partial charge in [0.2, 0.25) is 0 Å². The number of hydrogen-bond donors (Lipinski definition) is 1. The molecular formula is C14H21ClN2O. The number of hydrogen-bond acceptors (Lipinski definition) is 3. The van der Waals surface area contributed by atoms with Crippen LogP contribution in [0.3, 0.4) is 0 Å². The zero-order valence-corrected chi connectivity index (χ0v) is 11.6. The fourth-order valence-electron chi connectivity index (χ4n) is 2.52. The van der Waals surface area contributed by atoms with E-state index in [2.05, 4.69) is 24.1 Å². The highest BCUT2D eigenvalue weighted by Crippen LogP contribution is 2.20. The summed E-state index contributed by atoms with van der Waals surface area (Å²) >= 11 is 5.89. The van der Waals surface area contributed by atoms with Crippen molar-refractivity contribution in [3.63, 3.8) is 0 Å². The topological polar surface area (TPSA) is 38.5 Å². The van der Waals surface area contributed by atoms with Crippen LogP contribution in [0.2, 0.25) is 5.02 Å². The van der Waals surface area contributed by atoms with Gasteiger partial charge >= 0.3 is 0 Å². The summed E-state index contributed by atoms with van der Waals surface area (Å²) in [6.07, 6.45) is 2.55. The SMILES string of the molecule is CN(Cc1ccc(Cl)cc1)C(CN)C1CCCO1. The minimum atomic E-state index is 0.285. The smallest absolute Gasteiger partial charge is 0.0743 e. The van der Waals surface area contributed by atoms with Gasteiger partial charge in [-0.25, -0.2) is 0 Å². The summed E-state index contributed by atoms with van der Waals surface area (Å²) in [5.41, 5.74) is 7.14. The van der Waals surface area contributed by atoms with Gasteiger partial charge in [-0.3, -0.25) is 4.90 Å². The van der Waals surface area contributed by atoms with Crippen LogP contribution in [0, 0.1) is 0 Å². The van der Waals surface area contributed by atoms with Gasteiger partial charge in [-0.05, 0) is 37.6 Å². The molecule has 2 rings (SSSR count). The first kappa shape index (κ1) is 13.8. The van der Waals surface area contributed by atoms with Crippen LogP contribution in [-0.4, -0.2) is 37.2 Å². The van der Waals surface area contributed by atoms with E-state index in [0.717, 1.165) is 31.0 Å². The Balaban J connectivity index is 1.96. The summed E-state index contributed by atoms with van der Waals surface area (Å²) in [4.78, 5) is 2.28. The highest BCUT2D eigenvalue weighted by molar-refractivity contribution is 6.30. The molecule has 3 nitrogen and oxygen atoms in total. The van der Waals surface area contributed by atoms with Crippen LogP contribution in [0.4, 0.5) is 0 Å². The first-order chi connectivity index (χ1) is 8.70. The van der Waals surface area contributed by atoms with Crippen molar-refractivity contribution in [3.05, 3.63) is 34.9 Å². The van der Waals surface area contributed by atoms with Gasteiger partial charge in [0, 0.05) is 30.8 Å². The molecule has 1 aliphatic heterocycles. The van der Waals surface area contributed by atoms with Crippen molar-refractivity contribution in [2.75, 3.05) is 20.2 Å². The Bertz CT molecular complexity index is 363. The second-order valence-electron chi connectivity index (χ2n) is 4.90. The molecule has 1 aromatic carbocycles. The highest BCUT2D eigenvalue weighted by atomic mass is 35.5. The average molecular weight is 269 g/mol. The lowest BCUT2D eigenvalue weighted by Crippen LogP contribution is -2.45. The monoisotopic (exact) mass is 268 g/mol. The second-order valence-corrected chi connectivity index (χ2v) is 5.33. The summed E-state index contributed by atoms with van der Waals surface area (Å²) in [5.74, 6) is 0. The van der Waals surface area contributed by atoms with Gasteiger partial charge in [0.1, 0.15) is 0 Å². The first-order valence-corrected chi connectivity index (χ1v) is 6.85. The van der Waals surface area contributed by atoms with Crippen LogP contribution in [0.1, 0.15) is 18.4 Å². The number of rotatable bonds is 5. The maximum absolute atomic E-state index is 5.89. The van der Waals surface area contributed by atoms with Crippen LogP contribution in [-0.2, 0) is 11.3 Å². The van der Waals surface area contributed by atoms with Crippen molar-refractivity contribution in [1.82, 2.24) is 4.90 Å². The minimum absolute atomic E-state index is 0.285. The molecule has 0 radical (unpaired) electrons. The molecule has 0 spiro atoms. The van der Waals surface area contributed by atoms with Crippen LogP contribution >= 0.6 is 11.6 Å². The van der Waals surface area contributed by atoms with Gasteiger partial charge in [0.05, 0.1) is 6.10 Å². The van der Waals surface area contributed by atoms with Gasteiger partial charge in [-0.2, -0.15) is 0 Å². The van der Waals surface area contributed by atoms with Gasteiger partial charge in [-0.1, -0.05) is 23.7 Å². The molecule has 1 aromatic rings. The second kappa shape index (κ2) is 6.53. The molecule has 1 fully saturated rings. The Morgan fingerprint density at radius 3 is 2.72 bits per heavy atom. The normalized spacial score (nSPS) is 21.4. The Hall–Kier alpha value is -0.610. The summed E-state index contributed by atoms with van der Waals surface area (Å²) < 4.78 is 5.74. The number of benzene rings is 1. The van der Waals surface area contributed by atoms with Gasteiger partial charge in [0.15, 0.2) is 0 Å². The fraction of sp³-hybridized carbons (Fsp3) is 0.571. The van der Waals surface area contributed by atoms with Gasteiger partial charge in [-0.15, -0.1) is 0 Å². The molecule has 0 aromatic heterocycles. The largest absolute Gasteiger partial charge is 0.377 e. The number of ether oxygens (including phenoxy) is 1. The van der Waals surface area contributed by atoms with E-state index >= 15 is 0 Å². The van der Waals surface area contributed by atoms with E-state index in [1.54, 1.807) is 0 Å². The average Bonchev–Trinajstić information content (AvgIpc) is 2.87. The molecule has 2 unspecified atom stereocenters. The number of nitrogens with zero attached hydrogens (tertiary/aromatic N) is 1. The van der Waals surface area contributed by atoms with E-state index in [1.165, 1.54) is 5.56 Å². The molecule has 4 heteroatoms. The zero-order chi connectivity index (χ0) is 13.0. The lowest BCUT2D eigenvalue weighted by atomic mass is 10.1. The Morgan fingerprint density at radius 1 is 1.44 bits per heavy atom. The molecule has 0 bridgehead atoms. The number of likely N-dealkylation sites (N-methyl/N-ethyl adjacent to an activating group) is 1. The van der Waals surface area contributed by atoms with Crippen molar-refractivity contribution in [1.29, 1.82) is 0 Å². The zero-order valence-electron chi connectivity index (χ0n) is 10.8. The molecule has 2 N–H and O–H groups in total. The quantitative estimate of drug-likeness (QED) is 0.890. The van der Waals surface area contributed by atoms with E-state index in [4.69, 9.17) is 22.1 Å². The van der Waals surface area contributed by atoms with Gasteiger partial charge < -0.3 is 10.5 Å². The van der Waals surface area contributed by atoms with Crippen molar-refractivity contribution < 1.29 is 4.74 Å². The molecule has 0 aliphatic carbocycles. The third-order valence-corrected chi connectivity index (χ3v) is 3.80. The van der Waals surface area contributed by atoms with Crippen molar-refractivity contribution >= 4 is 11.6 Å². The molecular weight excluding hydrogens is 248 g/mol. The van der Waals surface area contributed by atoms with Crippen molar-refractivity contribution in [3.8, 4) is 0 Å². The van der Waals surface area contributed by atoms with E-state index in [0.29, 0.717) is 12.6 Å². The van der Waals surface area contributed by atoms with Crippen LogP contribution in [0.5, 0.6) is 0 Å². The Morgan fingerprint density at radius 2 is 2.17 bits per heavy atom. The standard InChI is InChI=1S/C14H21ClN2O/c1-17(10-11-4-6-12(15)7-5-11)13(9-16)14-3-2-8-18-14/h4-7,13-14H,2-3,8-10,16H2,1H3. The van der Waals surface area contributed by atoms with Crippen molar-refractivity contribution in [2.24, 2.45) is 5.73 Å². The molecule has 2 atom stereocenters. The lowest BCUT2D eigenvalue weighted by molar-refractivity contribution is 0.0347. The van der Waals surface area contributed by atoms with Crippen LogP contribution in [0.25, 0.3) is 0 Å². The maximum Gasteiger partial charge on any atom is 0.0743 e. The third kappa shape index (κ3) is 3.45. The molecule has 1 heterocycles. The van der Waals surface area contributed by atoms with E-state index in [-0.39, 0.29) is 6.10 Å². The van der Waals surface area contributed by atoms with Crippen molar-refractivity contribution in [2.45, 2.75) is 31.5 Å². The summed E-state index contributed by atoms with van der Waals surface area (Å²) in [5, 5.41) is 0.774. The van der Waals surface area contributed by atoms with Crippen LogP contribution < -0.4 is 5.73 Å². The Kier molecular flexibility index (Phi) is 5.01. The third-order valence-electron chi connectivity index (χ3n) is 3.55. The molecule has 0 amide bonds. The lowest BCUT2D eigenvalue weighted by Gasteiger charge is -2.31. The predicted octanol–water partition coefficient (Wildman–Crippen LogP) is 2.28. The number of halogens is 1. The fourth-order valence-corrected chi connectivity index (χ4v) is 2.64. The van der Waals surface area contributed by atoms with Crippen LogP contribution in [0.15, 0.2) is 24.3 Å². The summed E-state index contributed by atoms with van der Waals surface area (Å²) in [7, 11) is 2.10. The van der Waals surface area contributed by atoms with E-state index < -0.39 is 0 Å². The first-order valence-electron chi connectivity index (χ1n) is 6.47. The highest BCUT2D eigenvalue weighted by Gasteiger charge is 2.27. The Labute approximate surface area is 114 Å². The number of nitrogens with two attached hydrogens (primary N) is 1. The predicted molar refractivity (Wildman–Crippen MR) is 74.7 cm³/mol. The van der Waals surface area contributed by atoms with E-state index in [9.17, 15) is 0 Å². The molecule has 18 heavy (non-hydrogen) atoms. The molecule has 100 valence electrons. The molecule has 1 aliphatic rings. The summed E-state index contributed by atoms with van der Waals surface area (Å²) in [6, 6.07) is 8.26. The molecule has 0 saturated carbocycles. The van der Waals surface area contributed by atoms with E-state index in [1.807, 2.05) is 12.1 Å².